The van der Waals surface area contributed by atoms with E-state index in [-0.39, 0.29) is 16.6 Å². The number of imidazole rings is 1. The van der Waals surface area contributed by atoms with Gasteiger partial charge in [0.05, 0.1) is 28.0 Å². The molecule has 0 fully saturated rings. The topological polar surface area (TPSA) is 50.9 Å². The van der Waals surface area contributed by atoms with Crippen LogP contribution >= 0.6 is 0 Å². The Labute approximate surface area is 436 Å². The highest BCUT2D eigenvalue weighted by Crippen LogP contribution is 2.46. The number of nitrogens with zero attached hydrogens (tertiary/aromatic N) is 3. The van der Waals surface area contributed by atoms with Crippen LogP contribution in [0.2, 0.25) is 0 Å². The first-order chi connectivity index (χ1) is 35.5. The molecule has 0 bridgehead atoms. The summed E-state index contributed by atoms with van der Waals surface area (Å²) in [6, 6.07) is 64.2. The van der Waals surface area contributed by atoms with E-state index in [1.165, 1.54) is 16.7 Å². The predicted octanol–water partition coefficient (Wildman–Crippen LogP) is 18.9. The maximum atomic E-state index is 12.6. The lowest BCUT2D eigenvalue weighted by Gasteiger charge is -2.22. The van der Waals surface area contributed by atoms with Crippen LogP contribution in [-0.4, -0.2) is 19.6 Å². The predicted molar refractivity (Wildman–Crippen MR) is 309 cm³/mol. The van der Waals surface area contributed by atoms with Crippen molar-refractivity contribution in [2.24, 2.45) is 0 Å². The first-order valence-corrected chi connectivity index (χ1v) is 25.5. The molecule has 10 rings (SSSR count). The number of aromatic hydroxyl groups is 1. The van der Waals surface area contributed by atoms with Crippen molar-refractivity contribution < 1.29 is 7.85 Å². The fourth-order valence-corrected chi connectivity index (χ4v) is 10.0. The zero-order valence-corrected chi connectivity index (χ0v) is 44.2. The van der Waals surface area contributed by atoms with E-state index in [4.69, 9.17) is 9.97 Å². The number of hydrogen-bond donors (Lipinski definition) is 1. The Balaban J connectivity index is 1.25. The van der Waals surface area contributed by atoms with Gasteiger partial charge in [-0.05, 0) is 150 Å². The number of pyridine rings is 1. The second-order valence-corrected chi connectivity index (χ2v) is 22.2. The fourth-order valence-electron chi connectivity index (χ4n) is 10.0. The molecule has 10 aromatic rings. The van der Waals surface area contributed by atoms with Crippen molar-refractivity contribution in [3.8, 4) is 89.7 Å². The number of benzene rings is 8. The molecule has 0 aliphatic carbocycles. The molecule has 0 radical (unpaired) electrons. The average molecular weight is 956 g/mol. The van der Waals surface area contributed by atoms with Gasteiger partial charge in [0.2, 0.25) is 0 Å². The Bertz CT molecular complexity index is 3730. The SMILES string of the molecule is [2H]C(C)(C)c1cc(-c2nc3c(-c4cc(-c5cc(-c6ccc(-c7ccccc7)cc6)ccn5)cc(C(C)(C)C)c4)cccc3n2-c2cc(-c3ccccc3)c(C)cc2-c2ccc(C(C)(C)C)cc2)c(O)c(C([2H])(C)C)c1. The van der Waals surface area contributed by atoms with Gasteiger partial charge in [-0.3, -0.25) is 9.55 Å². The summed E-state index contributed by atoms with van der Waals surface area (Å²) in [5, 5.41) is 12.6. The number of hydrogen-bond acceptors (Lipinski definition) is 3. The van der Waals surface area contributed by atoms with Gasteiger partial charge >= 0.3 is 0 Å². The van der Waals surface area contributed by atoms with Crippen LogP contribution in [0, 0.1) is 6.92 Å². The van der Waals surface area contributed by atoms with Crippen molar-refractivity contribution in [1.82, 2.24) is 14.5 Å². The van der Waals surface area contributed by atoms with Crippen molar-refractivity contribution in [2.75, 3.05) is 0 Å². The van der Waals surface area contributed by atoms with Crippen LogP contribution in [0.4, 0.5) is 0 Å². The average Bonchev–Trinajstić information content (AvgIpc) is 3.79. The van der Waals surface area contributed by atoms with E-state index in [0.29, 0.717) is 22.5 Å². The van der Waals surface area contributed by atoms with Crippen LogP contribution in [0.3, 0.4) is 0 Å². The van der Waals surface area contributed by atoms with Crippen LogP contribution in [-0.2, 0) is 10.8 Å². The molecule has 0 atom stereocenters. The van der Waals surface area contributed by atoms with E-state index < -0.39 is 11.8 Å². The minimum absolute atomic E-state index is 0.0229. The molecule has 2 heterocycles. The minimum atomic E-state index is -1.19. The summed E-state index contributed by atoms with van der Waals surface area (Å²) in [7, 11) is 0. The van der Waals surface area contributed by atoms with E-state index in [1.807, 2.05) is 44.3 Å². The van der Waals surface area contributed by atoms with Gasteiger partial charge in [-0.25, -0.2) is 4.98 Å². The van der Waals surface area contributed by atoms with Crippen molar-refractivity contribution >= 4 is 11.0 Å². The smallest absolute Gasteiger partial charge is 0.149 e. The van der Waals surface area contributed by atoms with E-state index in [2.05, 4.69) is 211 Å². The zero-order valence-electron chi connectivity index (χ0n) is 46.2. The van der Waals surface area contributed by atoms with Gasteiger partial charge in [-0.1, -0.05) is 203 Å². The van der Waals surface area contributed by atoms with Crippen LogP contribution < -0.4 is 0 Å². The van der Waals surface area contributed by atoms with Crippen LogP contribution in [0.1, 0.15) is 112 Å². The molecule has 2 aromatic heterocycles. The maximum absolute atomic E-state index is 12.6. The Morgan fingerprint density at radius 2 is 1.07 bits per heavy atom. The second-order valence-electron chi connectivity index (χ2n) is 22.2. The highest BCUT2D eigenvalue weighted by molar-refractivity contribution is 5.98. The quantitative estimate of drug-likeness (QED) is 0.149. The summed E-state index contributed by atoms with van der Waals surface area (Å²) in [5.41, 5.74) is 19.9. The molecule has 0 spiro atoms. The van der Waals surface area contributed by atoms with Gasteiger partial charge in [0.15, 0.2) is 0 Å². The number of aromatic nitrogens is 3. The molecule has 0 aliphatic heterocycles. The first kappa shape index (κ1) is 46.3. The van der Waals surface area contributed by atoms with E-state index in [1.54, 1.807) is 13.8 Å². The van der Waals surface area contributed by atoms with Crippen LogP contribution in [0.5, 0.6) is 5.75 Å². The lowest BCUT2D eigenvalue weighted by molar-refractivity contribution is 0.466. The lowest BCUT2D eigenvalue weighted by atomic mass is 9.83. The summed E-state index contributed by atoms with van der Waals surface area (Å²) in [4.78, 5) is 10.7. The molecular formula is C69H67N3O. The highest BCUT2D eigenvalue weighted by atomic mass is 16.3. The Morgan fingerprint density at radius 1 is 0.479 bits per heavy atom. The van der Waals surface area contributed by atoms with Gasteiger partial charge in [0.1, 0.15) is 11.6 Å². The van der Waals surface area contributed by atoms with E-state index in [9.17, 15) is 7.85 Å². The van der Waals surface area contributed by atoms with Crippen molar-refractivity contribution in [3.05, 3.63) is 216 Å². The summed E-state index contributed by atoms with van der Waals surface area (Å²) in [6.07, 6.45) is 1.90. The van der Waals surface area contributed by atoms with Crippen LogP contribution in [0.15, 0.2) is 188 Å². The van der Waals surface area contributed by atoms with Gasteiger partial charge in [-0.2, -0.15) is 0 Å². The Hall–Kier alpha value is -7.82. The molecule has 8 aromatic carbocycles. The summed E-state index contributed by atoms with van der Waals surface area (Å²) >= 11 is 0. The van der Waals surface area contributed by atoms with E-state index >= 15 is 0 Å². The highest BCUT2D eigenvalue weighted by Gasteiger charge is 2.27. The molecule has 4 nitrogen and oxygen atoms in total. The van der Waals surface area contributed by atoms with Crippen molar-refractivity contribution in [3.63, 3.8) is 0 Å². The fraction of sp³-hybridized carbons (Fsp3) is 0.217. The Morgan fingerprint density at radius 3 is 1.70 bits per heavy atom. The summed E-state index contributed by atoms with van der Waals surface area (Å²) < 4.78 is 20.8. The Kier molecular flexibility index (Phi) is 12.2. The number of para-hydroxylation sites is 1. The first-order valence-electron chi connectivity index (χ1n) is 26.5. The van der Waals surface area contributed by atoms with Gasteiger partial charge in [0, 0.05) is 25.6 Å². The summed E-state index contributed by atoms with van der Waals surface area (Å²) in [6.45, 7) is 22.9. The molecule has 0 unspecified atom stereocenters. The number of rotatable bonds is 10. The molecule has 364 valence electrons. The van der Waals surface area contributed by atoms with Crippen molar-refractivity contribution in [1.29, 1.82) is 0 Å². The van der Waals surface area contributed by atoms with E-state index in [0.717, 1.165) is 83.6 Å². The second kappa shape index (κ2) is 19.3. The molecule has 0 saturated carbocycles. The normalized spacial score (nSPS) is 12.8. The maximum Gasteiger partial charge on any atom is 0.149 e. The van der Waals surface area contributed by atoms with Crippen molar-refractivity contribution in [2.45, 2.75) is 98.8 Å². The third kappa shape index (κ3) is 9.67. The van der Waals surface area contributed by atoms with Gasteiger partial charge in [-0.15, -0.1) is 0 Å². The molecule has 73 heavy (non-hydrogen) atoms. The lowest BCUT2D eigenvalue weighted by Crippen LogP contribution is -2.11. The number of phenols is 1. The van der Waals surface area contributed by atoms with Gasteiger partial charge in [0.25, 0.3) is 0 Å². The zero-order chi connectivity index (χ0) is 53.2. The standard InChI is InChI=1S/C69H67N3O/c1-43(2)52-39-58(44(3)4)66(73)61(40-52)67-71-65-57(53-36-54(38-56(37-53)69(9,10)11)62-41-51(33-34-70-62)48-27-25-47(26-28-48)46-19-14-12-15-20-46)23-18-24-63(65)72(67)64-42-59(49-21-16-13-17-22-49)45(5)35-60(64)50-29-31-55(32-30-50)68(6,7)8/h12-44,73H,1-11H3/i43D,44D. The monoisotopic (exact) mass is 956 g/mol. The summed E-state index contributed by atoms with van der Waals surface area (Å²) in [5.74, 6) is -1.74. The number of phenolic OH excluding ortho intramolecular Hbond substituents is 1. The van der Waals surface area contributed by atoms with Crippen LogP contribution in [0.25, 0.3) is 95.0 Å². The number of aryl methyl sites for hydroxylation is 1. The molecule has 1 N–H and O–H groups in total. The third-order valence-corrected chi connectivity index (χ3v) is 14.4. The molecule has 4 heteroatoms. The van der Waals surface area contributed by atoms with Gasteiger partial charge < -0.3 is 5.11 Å². The molecule has 0 saturated heterocycles. The molecule has 0 amide bonds. The molecule has 0 aliphatic rings. The molecular weight excluding hydrogens is 887 g/mol. The third-order valence-electron chi connectivity index (χ3n) is 14.4. The minimum Gasteiger partial charge on any atom is -0.507 e. The number of fused-ring (bicyclic) bond motifs is 1. The largest absolute Gasteiger partial charge is 0.507 e.